The van der Waals surface area contributed by atoms with Gasteiger partial charge in [0.2, 0.25) is 0 Å². The Balaban J connectivity index is 1.45. The topological polar surface area (TPSA) is 12.2 Å². The van der Waals surface area contributed by atoms with E-state index in [0.717, 1.165) is 35.5 Å². The summed E-state index contributed by atoms with van der Waals surface area (Å²) in [6.07, 6.45) is 0. The van der Waals surface area contributed by atoms with Gasteiger partial charge in [0.15, 0.2) is 0 Å². The molecule has 2 aromatic carbocycles. The SMILES string of the molecule is Clc1ccc(CN2CC2COc2ccc(Cl)cc2)cc1. The number of benzene rings is 2. The summed E-state index contributed by atoms with van der Waals surface area (Å²) >= 11 is 11.7. The molecule has 1 heterocycles. The minimum Gasteiger partial charge on any atom is -0.492 e. The number of rotatable bonds is 5. The number of ether oxygens (including phenoxy) is 1. The molecule has 0 aliphatic carbocycles. The lowest BCUT2D eigenvalue weighted by Gasteiger charge is -2.07. The summed E-state index contributed by atoms with van der Waals surface area (Å²) in [6, 6.07) is 16.0. The fraction of sp³-hybridized carbons (Fsp3) is 0.250. The second kappa shape index (κ2) is 6.04. The van der Waals surface area contributed by atoms with Crippen LogP contribution in [0.3, 0.4) is 0 Å². The predicted molar refractivity (Wildman–Crippen MR) is 82.6 cm³/mol. The van der Waals surface area contributed by atoms with Gasteiger partial charge in [0.05, 0.1) is 6.04 Å². The molecular weight excluding hydrogens is 293 g/mol. The normalized spacial score (nSPS) is 20.7. The van der Waals surface area contributed by atoms with E-state index >= 15 is 0 Å². The molecule has 0 aromatic heterocycles. The van der Waals surface area contributed by atoms with E-state index in [1.165, 1.54) is 5.56 Å². The third-order valence-electron chi connectivity index (χ3n) is 3.38. The van der Waals surface area contributed by atoms with Gasteiger partial charge in [-0.2, -0.15) is 0 Å². The second-order valence-corrected chi connectivity index (χ2v) is 5.85. The van der Waals surface area contributed by atoms with Crippen molar-refractivity contribution in [2.75, 3.05) is 13.2 Å². The van der Waals surface area contributed by atoms with Crippen molar-refractivity contribution in [3.8, 4) is 5.75 Å². The molecule has 2 aromatic rings. The molecule has 0 bridgehead atoms. The van der Waals surface area contributed by atoms with E-state index in [1.807, 2.05) is 36.4 Å². The maximum Gasteiger partial charge on any atom is 0.119 e. The zero-order valence-corrected chi connectivity index (χ0v) is 12.4. The quantitative estimate of drug-likeness (QED) is 0.765. The Labute approximate surface area is 128 Å². The summed E-state index contributed by atoms with van der Waals surface area (Å²) < 4.78 is 5.75. The molecule has 1 aliphatic rings. The highest BCUT2D eigenvalue weighted by atomic mass is 35.5. The van der Waals surface area contributed by atoms with E-state index in [-0.39, 0.29) is 0 Å². The molecule has 2 atom stereocenters. The van der Waals surface area contributed by atoms with E-state index in [1.54, 1.807) is 0 Å². The molecule has 1 saturated heterocycles. The van der Waals surface area contributed by atoms with Crippen molar-refractivity contribution >= 4 is 23.2 Å². The Hall–Kier alpha value is -1.22. The van der Waals surface area contributed by atoms with Crippen molar-refractivity contribution in [1.82, 2.24) is 4.90 Å². The third kappa shape index (κ3) is 3.66. The smallest absolute Gasteiger partial charge is 0.119 e. The number of hydrogen-bond acceptors (Lipinski definition) is 2. The Morgan fingerprint density at radius 2 is 1.55 bits per heavy atom. The maximum atomic E-state index is 5.88. The van der Waals surface area contributed by atoms with Gasteiger partial charge < -0.3 is 4.74 Å². The average molecular weight is 308 g/mol. The first-order valence-corrected chi connectivity index (χ1v) is 7.33. The van der Waals surface area contributed by atoms with Gasteiger partial charge in [-0.25, -0.2) is 0 Å². The number of halogens is 2. The fourth-order valence-corrected chi connectivity index (χ4v) is 2.37. The lowest BCUT2D eigenvalue weighted by molar-refractivity contribution is 0.293. The highest BCUT2D eigenvalue weighted by Crippen LogP contribution is 2.23. The van der Waals surface area contributed by atoms with Gasteiger partial charge in [0.1, 0.15) is 12.4 Å². The van der Waals surface area contributed by atoms with Crippen molar-refractivity contribution < 1.29 is 4.74 Å². The molecule has 2 unspecified atom stereocenters. The van der Waals surface area contributed by atoms with Crippen LogP contribution in [0, 0.1) is 0 Å². The second-order valence-electron chi connectivity index (χ2n) is 4.97. The zero-order valence-electron chi connectivity index (χ0n) is 10.9. The molecule has 2 nitrogen and oxygen atoms in total. The van der Waals surface area contributed by atoms with Crippen molar-refractivity contribution in [2.45, 2.75) is 12.6 Å². The summed E-state index contributed by atoms with van der Waals surface area (Å²) in [6.45, 7) is 2.75. The summed E-state index contributed by atoms with van der Waals surface area (Å²) in [4.78, 5) is 2.37. The molecule has 0 N–H and O–H groups in total. The van der Waals surface area contributed by atoms with E-state index < -0.39 is 0 Å². The van der Waals surface area contributed by atoms with Crippen LogP contribution >= 0.6 is 23.2 Å². The van der Waals surface area contributed by atoms with E-state index in [9.17, 15) is 0 Å². The molecule has 0 radical (unpaired) electrons. The first-order valence-electron chi connectivity index (χ1n) is 6.57. The van der Waals surface area contributed by atoms with Crippen LogP contribution in [0.5, 0.6) is 5.75 Å². The van der Waals surface area contributed by atoms with Crippen molar-refractivity contribution in [1.29, 1.82) is 0 Å². The molecule has 1 aliphatic heterocycles. The highest BCUT2D eigenvalue weighted by Gasteiger charge is 2.34. The van der Waals surface area contributed by atoms with Crippen molar-refractivity contribution in [3.63, 3.8) is 0 Å². The van der Waals surface area contributed by atoms with E-state index in [0.29, 0.717) is 6.04 Å². The van der Waals surface area contributed by atoms with E-state index in [2.05, 4.69) is 17.0 Å². The summed E-state index contributed by atoms with van der Waals surface area (Å²) in [7, 11) is 0. The van der Waals surface area contributed by atoms with Crippen LogP contribution in [0.25, 0.3) is 0 Å². The van der Waals surface area contributed by atoms with E-state index in [4.69, 9.17) is 27.9 Å². The monoisotopic (exact) mass is 307 g/mol. The Morgan fingerprint density at radius 1 is 0.950 bits per heavy atom. The van der Waals surface area contributed by atoms with Crippen LogP contribution in [0.2, 0.25) is 10.0 Å². The molecule has 4 heteroatoms. The summed E-state index contributed by atoms with van der Waals surface area (Å²) in [5, 5.41) is 1.51. The lowest BCUT2D eigenvalue weighted by Crippen LogP contribution is -2.10. The van der Waals surface area contributed by atoms with Gasteiger partial charge in [-0.1, -0.05) is 35.3 Å². The predicted octanol–water partition coefficient (Wildman–Crippen LogP) is 4.26. The fourth-order valence-electron chi connectivity index (χ4n) is 2.12. The highest BCUT2D eigenvalue weighted by molar-refractivity contribution is 6.30. The van der Waals surface area contributed by atoms with Crippen molar-refractivity contribution in [3.05, 3.63) is 64.1 Å². The van der Waals surface area contributed by atoms with Gasteiger partial charge in [-0.05, 0) is 42.0 Å². The van der Waals surface area contributed by atoms with Crippen molar-refractivity contribution in [2.24, 2.45) is 0 Å². The van der Waals surface area contributed by atoms with Crippen LogP contribution in [-0.2, 0) is 6.54 Å². The Kier molecular flexibility index (Phi) is 4.16. The molecular formula is C16H15Cl2NO. The standard InChI is InChI=1S/C16H15Cl2NO/c17-13-3-1-12(2-4-13)9-19-10-15(19)11-20-16-7-5-14(18)6-8-16/h1-8,15H,9-11H2. The molecule has 0 amide bonds. The lowest BCUT2D eigenvalue weighted by atomic mass is 10.2. The van der Waals surface area contributed by atoms with Gasteiger partial charge >= 0.3 is 0 Å². The first-order chi connectivity index (χ1) is 9.70. The number of nitrogens with zero attached hydrogens (tertiary/aromatic N) is 1. The molecule has 0 saturated carbocycles. The summed E-state index contributed by atoms with van der Waals surface area (Å²) in [5.41, 5.74) is 1.28. The molecule has 104 valence electrons. The first kappa shape index (κ1) is 13.7. The van der Waals surface area contributed by atoms with Gasteiger partial charge in [0, 0.05) is 23.1 Å². The average Bonchev–Trinajstić information content (AvgIpc) is 3.19. The molecule has 1 fully saturated rings. The van der Waals surface area contributed by atoms with Gasteiger partial charge in [-0.15, -0.1) is 0 Å². The minimum absolute atomic E-state index is 0.501. The Bertz CT molecular complexity index is 568. The minimum atomic E-state index is 0.501. The van der Waals surface area contributed by atoms with Crippen LogP contribution < -0.4 is 4.74 Å². The van der Waals surface area contributed by atoms with Crippen LogP contribution in [0.4, 0.5) is 0 Å². The molecule has 3 rings (SSSR count). The van der Waals surface area contributed by atoms with Crippen LogP contribution in [-0.4, -0.2) is 24.1 Å². The zero-order chi connectivity index (χ0) is 13.9. The Morgan fingerprint density at radius 3 is 2.20 bits per heavy atom. The number of hydrogen-bond donors (Lipinski definition) is 0. The van der Waals surface area contributed by atoms with Crippen LogP contribution in [0.15, 0.2) is 48.5 Å². The third-order valence-corrected chi connectivity index (χ3v) is 3.89. The maximum absolute atomic E-state index is 5.88. The summed E-state index contributed by atoms with van der Waals surface area (Å²) in [5.74, 6) is 0.868. The molecule has 0 spiro atoms. The van der Waals surface area contributed by atoms with Gasteiger partial charge in [0.25, 0.3) is 0 Å². The largest absolute Gasteiger partial charge is 0.492 e. The molecule has 20 heavy (non-hydrogen) atoms. The van der Waals surface area contributed by atoms with Crippen LogP contribution in [0.1, 0.15) is 5.56 Å². The van der Waals surface area contributed by atoms with Gasteiger partial charge in [-0.3, -0.25) is 4.90 Å².